The van der Waals surface area contributed by atoms with Crippen molar-refractivity contribution in [3.8, 4) is 39.3 Å². The van der Waals surface area contributed by atoms with Gasteiger partial charge in [-0.2, -0.15) is 0 Å². The van der Waals surface area contributed by atoms with Crippen molar-refractivity contribution in [2.75, 3.05) is 9.80 Å². The molecule has 0 radical (unpaired) electrons. The first kappa shape index (κ1) is 61.3. The maximum Gasteiger partial charge on any atom is 0.252 e. The molecular weight excluding hydrogens is 1500 g/mol. The van der Waals surface area contributed by atoms with Gasteiger partial charge in [0.15, 0.2) is 0 Å². The highest BCUT2D eigenvalue weighted by Crippen LogP contribution is 2.52. The number of benzene rings is 13. The van der Waals surface area contributed by atoms with Crippen LogP contribution >= 0.6 is 0 Å². The van der Waals surface area contributed by atoms with Crippen LogP contribution in [0.1, 0.15) is 304 Å². The average Bonchev–Trinajstić information content (AvgIpc) is 0.869. The highest BCUT2D eigenvalue weighted by atomic mass is 15.2. The van der Waals surface area contributed by atoms with Crippen molar-refractivity contribution < 1.29 is 24.7 Å². The number of hydrogen-bond donors (Lipinski definition) is 0. The van der Waals surface area contributed by atoms with Gasteiger partial charge in [-0.05, 0) is 277 Å². The molecule has 5 nitrogen and oxygen atoms in total. The van der Waals surface area contributed by atoms with Gasteiger partial charge >= 0.3 is 0 Å². The molecule has 0 amide bonds. The van der Waals surface area contributed by atoms with Gasteiger partial charge in [0.05, 0.1) is 63.5 Å². The van der Waals surface area contributed by atoms with Crippen LogP contribution in [0.2, 0.25) is 0 Å². The summed E-state index contributed by atoms with van der Waals surface area (Å²) in [5.74, 6) is 1.31. The molecule has 5 heterocycles. The van der Waals surface area contributed by atoms with Crippen molar-refractivity contribution in [1.82, 2.24) is 13.7 Å². The Morgan fingerprint density at radius 1 is 0.258 bits per heavy atom. The molecule has 4 saturated carbocycles. The van der Waals surface area contributed by atoms with E-state index in [1.165, 1.54) is 57.7 Å². The Labute approximate surface area is 761 Å². The summed E-state index contributed by atoms with van der Waals surface area (Å²) in [6, 6.07) is 39.4. The predicted octanol–water partition coefficient (Wildman–Crippen LogP) is 31.8. The molecule has 0 bridgehead atoms. The molecule has 4 aliphatic carbocycles. The molecule has 0 atom stereocenters. The highest BCUT2D eigenvalue weighted by Gasteiger charge is 2.45. The van der Waals surface area contributed by atoms with Gasteiger partial charge in [0.2, 0.25) is 0 Å². The van der Waals surface area contributed by atoms with Crippen LogP contribution in [-0.2, 0) is 21.7 Å². The lowest BCUT2D eigenvalue weighted by atomic mass is 9.33. The number of rotatable bonds is 11. The van der Waals surface area contributed by atoms with Crippen LogP contribution in [0.25, 0.3) is 105 Å². The second kappa shape index (κ2) is 30.4. The third-order valence-corrected chi connectivity index (χ3v) is 29.1. The number of hydrogen-bond acceptors (Lipinski definition) is 2. The van der Waals surface area contributed by atoms with Crippen molar-refractivity contribution in [3.05, 3.63) is 299 Å². The van der Waals surface area contributed by atoms with Gasteiger partial charge < -0.3 is 23.5 Å². The van der Waals surface area contributed by atoms with Crippen molar-refractivity contribution in [3.63, 3.8) is 0 Å². The van der Waals surface area contributed by atoms with Crippen LogP contribution in [0, 0.1) is 0 Å². The molecule has 0 spiro atoms. The number of anilines is 6. The van der Waals surface area contributed by atoms with Crippen molar-refractivity contribution in [1.29, 1.82) is 0 Å². The summed E-state index contributed by atoms with van der Waals surface area (Å²) >= 11 is 0. The van der Waals surface area contributed by atoms with Gasteiger partial charge in [-0.15, -0.1) is 0 Å². The standard InChI is InChI=1S/C118H122BN5/c1-115(2,3)87-45-53-98-99-54-46-88(116(4,5)6)68-107(99)122(106(98)67-87)93-49-57-102-110(71-93)120(91-39-27-17-28-40-91)112-73-95(74-113-114(112)119(102)103-58-50-94(72-111(103)121(113)92-41-29-18-30-42-92)123-108-69-89(117(7,8)9)47-55-100(108)101-56-48-90(70-109(101)123)118(10,11)12)124-104-65-79(85-61-81(75-31-19-13-20-32-75)59-82(62-85)76-33-21-14-22-34-76)43-51-96(104)97-52-44-80(66-105(97)124)86-63-83(77-35-23-15-24-36-77)60-84(64-86)78-37-25-16-26-38-78/h17-18,27-30,39-78H,13-16,19-26,31-38H2,1-12H3/i17D,18D,27D,28D,29D,30D,39D,40D,41D,42D,49D,50D,57D,58D,71D,72D,73D,74D. The Hall–Kier alpha value is -11.1. The van der Waals surface area contributed by atoms with E-state index >= 15 is 0 Å². The molecule has 0 saturated heterocycles. The van der Waals surface area contributed by atoms with Crippen molar-refractivity contribution in [2.24, 2.45) is 0 Å². The minimum atomic E-state index is -1.87. The lowest BCUT2D eigenvalue weighted by molar-refractivity contribution is 0.435. The summed E-state index contributed by atoms with van der Waals surface area (Å²) in [4.78, 5) is 2.55. The van der Waals surface area contributed by atoms with Gasteiger partial charge in [0.25, 0.3) is 6.71 Å². The lowest BCUT2D eigenvalue weighted by Gasteiger charge is -2.44. The van der Waals surface area contributed by atoms with Crippen LogP contribution < -0.4 is 26.2 Å². The quantitative estimate of drug-likeness (QED) is 0.120. The van der Waals surface area contributed by atoms with Crippen molar-refractivity contribution >= 4 is 123 Å². The monoisotopic (exact) mass is 1640 g/mol. The van der Waals surface area contributed by atoms with E-state index < -0.39 is 149 Å². The third-order valence-electron chi connectivity index (χ3n) is 29.1. The fourth-order valence-electron chi connectivity index (χ4n) is 22.2. The van der Waals surface area contributed by atoms with Gasteiger partial charge in [-0.25, -0.2) is 0 Å². The molecule has 0 N–H and O–H groups in total. The number of nitrogens with zero attached hydrogens (tertiary/aromatic N) is 5. The topological polar surface area (TPSA) is 21.3 Å². The Bertz CT molecular complexity index is 7330. The highest BCUT2D eigenvalue weighted by molar-refractivity contribution is 7.00. The van der Waals surface area contributed by atoms with Gasteiger partial charge in [0, 0.05) is 77.8 Å². The summed E-state index contributed by atoms with van der Waals surface area (Å²) in [5.41, 5.74) is 9.78. The largest absolute Gasteiger partial charge is 0.311 e. The summed E-state index contributed by atoms with van der Waals surface area (Å²) in [5, 5.41) is 4.41. The maximum atomic E-state index is 12.3. The predicted molar refractivity (Wildman–Crippen MR) is 532 cm³/mol. The first-order chi connectivity index (χ1) is 67.5. The number of aromatic nitrogens is 3. The zero-order chi connectivity index (χ0) is 100. The molecule has 3 aromatic heterocycles. The van der Waals surface area contributed by atoms with Crippen molar-refractivity contribution in [2.45, 2.75) is 257 Å². The van der Waals surface area contributed by atoms with E-state index in [0.29, 0.717) is 56.8 Å². The lowest BCUT2D eigenvalue weighted by Crippen LogP contribution is -2.61. The number of fused-ring (bicyclic) bond motifs is 13. The van der Waals surface area contributed by atoms with Gasteiger partial charge in [-0.1, -0.05) is 318 Å². The SMILES string of the molecule is [2H]c1c([2H])c([2H])c(N2c3c([2H])c(-n4c5cc(C(C)(C)C)ccc5c5ccc(C(C)(C)C)cc54)c([2H])c([2H])c3B3c4c([2H])c([2H])c(-n5c6cc(C(C)(C)C)ccc6c6ccc(C(C)(C)C)cc65)c([2H])c4N(c4c([2H])c([2H])c([2H])c([2H])c4[2H])c4c([2H])c(-n5c6cc(-c7cc(C8CCCCC8)cc(C8CCCCC8)c7)ccc6c6ccc(-c7cc(C8CCCCC8)cc(C8CCCCC8)c7)cc65)c([2H])c2c43)c([2H])c1[2H]. The minimum absolute atomic E-state index is 0.164. The van der Waals surface area contributed by atoms with E-state index in [4.69, 9.17) is 0 Å². The van der Waals surface area contributed by atoms with Gasteiger partial charge in [-0.3, -0.25) is 0 Å². The molecule has 6 heteroatoms. The van der Waals surface area contributed by atoms with E-state index in [9.17, 15) is 24.7 Å². The van der Waals surface area contributed by atoms with E-state index in [-0.39, 0.29) is 56.2 Å². The molecule has 22 rings (SSSR count). The smallest absolute Gasteiger partial charge is 0.252 e. The normalized spacial score (nSPS) is 18.7. The Morgan fingerprint density at radius 3 is 0.831 bits per heavy atom. The summed E-state index contributed by atoms with van der Waals surface area (Å²) < 4.78 is 201. The molecule has 0 unspecified atom stereocenters. The Morgan fingerprint density at radius 2 is 0.532 bits per heavy atom. The molecule has 6 aliphatic rings. The van der Waals surface area contributed by atoms with E-state index in [0.717, 1.165) is 180 Å². The molecule has 622 valence electrons. The number of para-hydroxylation sites is 2. The minimum Gasteiger partial charge on any atom is -0.311 e. The molecule has 124 heavy (non-hydrogen) atoms. The summed E-state index contributed by atoms with van der Waals surface area (Å²) in [6.07, 6.45) is 22.2. The average molecular weight is 1640 g/mol. The summed E-state index contributed by atoms with van der Waals surface area (Å²) in [7, 11) is 0. The van der Waals surface area contributed by atoms with Crippen LogP contribution in [0.5, 0.6) is 0 Å². The fourth-order valence-corrected chi connectivity index (χ4v) is 22.2. The maximum absolute atomic E-state index is 12.3. The second-order valence-corrected chi connectivity index (χ2v) is 41.2. The fraction of sp³-hybridized carbons (Fsp3) is 0.339. The second-order valence-electron chi connectivity index (χ2n) is 41.2. The zero-order valence-electron chi connectivity index (χ0n) is 92.1. The third kappa shape index (κ3) is 13.7. The van der Waals surface area contributed by atoms with E-state index in [1.54, 1.807) is 0 Å². The molecule has 2 aliphatic heterocycles. The first-order valence-corrected chi connectivity index (χ1v) is 46.3. The first-order valence-electron chi connectivity index (χ1n) is 55.3. The van der Waals surface area contributed by atoms with Crippen LogP contribution in [0.4, 0.5) is 34.1 Å². The van der Waals surface area contributed by atoms with Crippen LogP contribution in [0.15, 0.2) is 254 Å². The van der Waals surface area contributed by atoms with E-state index in [2.05, 4.69) is 180 Å². The molecule has 16 aromatic rings. The summed E-state index contributed by atoms with van der Waals surface area (Å²) in [6.45, 7) is 23.3. The zero-order valence-corrected chi connectivity index (χ0v) is 74.1. The van der Waals surface area contributed by atoms with Gasteiger partial charge in [0.1, 0.15) is 0 Å². The van der Waals surface area contributed by atoms with Crippen LogP contribution in [0.3, 0.4) is 0 Å². The molecular formula is C118H122BN5. The van der Waals surface area contributed by atoms with E-state index in [1.807, 2.05) is 62.2 Å². The van der Waals surface area contributed by atoms with Crippen LogP contribution in [-0.4, -0.2) is 20.4 Å². The molecule has 4 fully saturated rings. The molecule has 13 aromatic carbocycles. The Kier molecular flexibility index (Phi) is 15.0. The Balaban J connectivity index is 0.960.